The van der Waals surface area contributed by atoms with Crippen molar-refractivity contribution in [2.75, 3.05) is 0 Å². The summed E-state index contributed by atoms with van der Waals surface area (Å²) in [4.78, 5) is 16.2. The molecule has 0 saturated heterocycles. The maximum atomic E-state index is 13.0. The van der Waals surface area contributed by atoms with Crippen molar-refractivity contribution < 1.29 is 18.0 Å². The highest BCUT2D eigenvalue weighted by Gasteiger charge is 2.46. The van der Waals surface area contributed by atoms with Crippen LogP contribution in [-0.4, -0.2) is 37.7 Å². The van der Waals surface area contributed by atoms with E-state index in [0.29, 0.717) is 5.56 Å². The van der Waals surface area contributed by atoms with Gasteiger partial charge < -0.3 is 4.57 Å². The van der Waals surface area contributed by atoms with Gasteiger partial charge in [0.15, 0.2) is 5.84 Å². The highest BCUT2D eigenvalue weighted by molar-refractivity contribution is 8.27. The number of carbonyl (C=O) groups is 1. The molecule has 0 bridgehead atoms. The highest BCUT2D eigenvalue weighted by Crippen LogP contribution is 2.35. The van der Waals surface area contributed by atoms with Gasteiger partial charge in [0.1, 0.15) is 0 Å². The Hall–Kier alpha value is -3.14. The Morgan fingerprint density at radius 3 is 2.48 bits per heavy atom. The number of hydrogen-bond acceptors (Lipinski definition) is 4. The van der Waals surface area contributed by atoms with Crippen LogP contribution in [0.4, 0.5) is 13.2 Å². The molecule has 0 atom stereocenters. The predicted octanol–water partition coefficient (Wildman–Crippen LogP) is 4.84. The van der Waals surface area contributed by atoms with Gasteiger partial charge in [0.05, 0.1) is 5.57 Å². The first kappa shape index (κ1) is 21.1. The molecule has 31 heavy (non-hydrogen) atoms. The molecule has 1 N–H and O–H groups in total. The summed E-state index contributed by atoms with van der Waals surface area (Å²) in [6.07, 6.45) is -2.26. The molecule has 1 amide bonds. The van der Waals surface area contributed by atoms with Crippen molar-refractivity contribution >= 4 is 39.8 Å². The van der Waals surface area contributed by atoms with Crippen molar-refractivity contribution in [3.63, 3.8) is 0 Å². The standard InChI is InChI=1S/C21H18F3N5OS/c1-4-13-5-7-15(8-6-13)28-11(2)9-14(12(28)3)10-16-17(25)29-20(26-18(16)30)31-19(27-29)21(22,23)24/h5-10,25H,4H2,1-3H3/b16-10+,25-17?. The van der Waals surface area contributed by atoms with Gasteiger partial charge >= 0.3 is 6.18 Å². The van der Waals surface area contributed by atoms with Crippen LogP contribution in [0.25, 0.3) is 11.8 Å². The summed E-state index contributed by atoms with van der Waals surface area (Å²) in [6, 6.07) is 9.97. The number of benzene rings is 1. The number of carbonyl (C=O) groups excluding carboxylic acids is 1. The first-order valence-electron chi connectivity index (χ1n) is 9.45. The topological polar surface area (TPSA) is 73.8 Å². The zero-order valence-corrected chi connectivity index (χ0v) is 17.7. The molecule has 0 fully saturated rings. The summed E-state index contributed by atoms with van der Waals surface area (Å²) in [6.45, 7) is 5.88. The van der Waals surface area contributed by atoms with E-state index in [9.17, 15) is 18.0 Å². The van der Waals surface area contributed by atoms with Crippen LogP contribution in [0.15, 0.2) is 46.0 Å². The summed E-state index contributed by atoms with van der Waals surface area (Å²) in [7, 11) is 0. The average Bonchev–Trinajstić information content (AvgIpc) is 3.26. The first-order chi connectivity index (χ1) is 14.6. The van der Waals surface area contributed by atoms with Gasteiger partial charge in [-0.05, 0) is 67.4 Å². The molecule has 0 saturated carbocycles. The van der Waals surface area contributed by atoms with Gasteiger partial charge in [0, 0.05) is 17.1 Å². The van der Waals surface area contributed by atoms with Gasteiger partial charge in [-0.1, -0.05) is 19.1 Å². The largest absolute Gasteiger partial charge is 0.441 e. The number of nitrogens with one attached hydrogen (secondary N) is 1. The van der Waals surface area contributed by atoms with Crippen molar-refractivity contribution in [2.45, 2.75) is 33.4 Å². The number of amidine groups is 2. The van der Waals surface area contributed by atoms with E-state index in [1.165, 1.54) is 11.6 Å². The fourth-order valence-electron chi connectivity index (χ4n) is 3.47. The molecule has 0 aliphatic carbocycles. The fourth-order valence-corrected chi connectivity index (χ4v) is 4.23. The Morgan fingerprint density at radius 1 is 1.19 bits per heavy atom. The van der Waals surface area contributed by atoms with E-state index >= 15 is 0 Å². The van der Waals surface area contributed by atoms with Crippen molar-refractivity contribution in [3.8, 4) is 5.69 Å². The lowest BCUT2D eigenvalue weighted by Crippen LogP contribution is -2.35. The monoisotopic (exact) mass is 445 g/mol. The number of fused-ring (bicyclic) bond motifs is 1. The van der Waals surface area contributed by atoms with Crippen LogP contribution in [0.1, 0.15) is 29.4 Å². The minimum atomic E-state index is -4.67. The second kappa shape index (κ2) is 7.52. The van der Waals surface area contributed by atoms with Crippen LogP contribution in [0.2, 0.25) is 0 Å². The third-order valence-electron chi connectivity index (χ3n) is 5.07. The second-order valence-corrected chi connectivity index (χ2v) is 8.06. The third-order valence-corrected chi connectivity index (χ3v) is 6.02. The molecule has 6 nitrogen and oxygen atoms in total. The van der Waals surface area contributed by atoms with Gasteiger partial charge in [0.2, 0.25) is 10.2 Å². The lowest BCUT2D eigenvalue weighted by molar-refractivity contribution is -0.114. The van der Waals surface area contributed by atoms with Gasteiger partial charge in [-0.25, -0.2) is 0 Å². The molecule has 0 spiro atoms. The molecule has 0 radical (unpaired) electrons. The fraction of sp³-hybridized carbons (Fsp3) is 0.238. The first-order valence-corrected chi connectivity index (χ1v) is 10.3. The van der Waals surface area contributed by atoms with Gasteiger partial charge in [-0.15, -0.1) is 0 Å². The van der Waals surface area contributed by atoms with Gasteiger partial charge in [-0.3, -0.25) is 10.2 Å². The number of amides is 1. The van der Waals surface area contributed by atoms with Crippen LogP contribution < -0.4 is 0 Å². The number of thioether (sulfide) groups is 1. The Bertz CT molecular complexity index is 1190. The van der Waals surface area contributed by atoms with Crippen LogP contribution >= 0.6 is 11.8 Å². The summed E-state index contributed by atoms with van der Waals surface area (Å²) in [5.41, 5.74) is 4.48. The van der Waals surface area contributed by atoms with E-state index in [4.69, 9.17) is 5.41 Å². The van der Waals surface area contributed by atoms with E-state index in [-0.39, 0.29) is 22.5 Å². The second-order valence-electron chi connectivity index (χ2n) is 7.10. The number of hydrogen-bond donors (Lipinski definition) is 1. The summed E-state index contributed by atoms with van der Waals surface area (Å²) >= 11 is 0.235. The molecule has 1 aromatic heterocycles. The summed E-state index contributed by atoms with van der Waals surface area (Å²) in [5.74, 6) is -1.20. The number of rotatable bonds is 3. The lowest BCUT2D eigenvalue weighted by atomic mass is 10.1. The van der Waals surface area contributed by atoms with Crippen molar-refractivity contribution in [2.24, 2.45) is 10.1 Å². The lowest BCUT2D eigenvalue weighted by Gasteiger charge is -2.20. The Labute approximate surface area is 180 Å². The average molecular weight is 445 g/mol. The predicted molar refractivity (Wildman–Crippen MR) is 116 cm³/mol. The number of aryl methyl sites for hydroxylation is 2. The number of nitrogens with zero attached hydrogens (tertiary/aromatic N) is 4. The van der Waals surface area contributed by atoms with Crippen LogP contribution in [0, 0.1) is 19.3 Å². The number of aromatic nitrogens is 1. The van der Waals surface area contributed by atoms with E-state index in [0.717, 1.165) is 28.5 Å². The Kier molecular flexibility index (Phi) is 5.12. The quantitative estimate of drug-likeness (QED) is 0.688. The zero-order valence-electron chi connectivity index (χ0n) is 16.9. The minimum absolute atomic E-state index is 0.113. The van der Waals surface area contributed by atoms with Gasteiger partial charge in [0.25, 0.3) is 5.91 Å². The number of alkyl halides is 3. The third kappa shape index (κ3) is 3.71. The molecule has 3 heterocycles. The molecule has 2 aliphatic rings. The smallest absolute Gasteiger partial charge is 0.318 e. The SMILES string of the molecule is CCc1ccc(-n2c(C)cc(/C=C3\C(=N)N4N=C(C(F)(F)F)SC4=NC3=O)c2C)cc1. The van der Waals surface area contributed by atoms with E-state index in [2.05, 4.69) is 17.0 Å². The normalized spacial score (nSPS) is 17.9. The molecular formula is C21H18F3N5OS. The van der Waals surface area contributed by atoms with Crippen molar-refractivity contribution in [1.82, 2.24) is 9.58 Å². The van der Waals surface area contributed by atoms with Gasteiger partial charge in [-0.2, -0.15) is 28.3 Å². The molecular weight excluding hydrogens is 427 g/mol. The Balaban J connectivity index is 1.72. The van der Waals surface area contributed by atoms with Crippen LogP contribution in [-0.2, 0) is 11.2 Å². The maximum Gasteiger partial charge on any atom is 0.441 e. The number of halogens is 3. The molecule has 0 unspecified atom stereocenters. The molecule has 2 aromatic rings. The molecule has 4 rings (SSSR count). The van der Waals surface area contributed by atoms with Crippen molar-refractivity contribution in [3.05, 3.63) is 58.4 Å². The molecule has 1 aromatic carbocycles. The summed E-state index contributed by atoms with van der Waals surface area (Å²) < 4.78 is 40.9. The Morgan fingerprint density at radius 2 is 1.87 bits per heavy atom. The molecule has 160 valence electrons. The highest BCUT2D eigenvalue weighted by atomic mass is 32.2. The molecule has 2 aliphatic heterocycles. The van der Waals surface area contributed by atoms with Crippen molar-refractivity contribution in [1.29, 1.82) is 5.41 Å². The molecule has 10 heteroatoms. The number of aliphatic imine (C=N–C) groups is 1. The van der Waals surface area contributed by atoms with Crippen LogP contribution in [0.5, 0.6) is 0 Å². The maximum absolute atomic E-state index is 13.0. The van der Waals surface area contributed by atoms with E-state index in [1.807, 2.05) is 48.7 Å². The summed E-state index contributed by atoms with van der Waals surface area (Å²) in [5, 5.41) is 11.0. The van der Waals surface area contributed by atoms with E-state index in [1.54, 1.807) is 0 Å². The van der Waals surface area contributed by atoms with Crippen LogP contribution in [0.3, 0.4) is 0 Å². The van der Waals surface area contributed by atoms with E-state index < -0.39 is 23.0 Å². The minimum Gasteiger partial charge on any atom is -0.318 e. The zero-order chi connectivity index (χ0) is 22.5. The number of hydrazone groups is 1.